The van der Waals surface area contributed by atoms with E-state index in [0.29, 0.717) is 28.1 Å². The predicted molar refractivity (Wildman–Crippen MR) is 112 cm³/mol. The van der Waals surface area contributed by atoms with E-state index in [1.165, 1.54) is 18.2 Å². The summed E-state index contributed by atoms with van der Waals surface area (Å²) in [4.78, 5) is 22.9. The fourth-order valence-corrected chi connectivity index (χ4v) is 2.84. The normalized spacial score (nSPS) is 10.2. The van der Waals surface area contributed by atoms with E-state index in [1.807, 2.05) is 6.92 Å². The fourth-order valence-electron chi connectivity index (χ4n) is 2.08. The van der Waals surface area contributed by atoms with Crippen molar-refractivity contribution < 1.29 is 14.5 Å². The van der Waals surface area contributed by atoms with Gasteiger partial charge in [0.2, 0.25) is 0 Å². The van der Waals surface area contributed by atoms with Crippen molar-refractivity contribution in [1.82, 2.24) is 5.32 Å². The molecule has 2 N–H and O–H groups in total. The van der Waals surface area contributed by atoms with Crippen LogP contribution < -0.4 is 15.4 Å². The highest BCUT2D eigenvalue weighted by atomic mass is 79.9. The van der Waals surface area contributed by atoms with E-state index in [2.05, 4.69) is 26.6 Å². The number of thiocarbonyl (C=S) groups is 1. The molecule has 1 amide bonds. The average molecular weight is 473 g/mol. The zero-order valence-corrected chi connectivity index (χ0v) is 17.3. The van der Waals surface area contributed by atoms with Gasteiger partial charge in [-0.3, -0.25) is 20.2 Å². The number of nitro groups is 1. The zero-order valence-electron chi connectivity index (χ0n) is 14.1. The summed E-state index contributed by atoms with van der Waals surface area (Å²) in [5, 5.41) is 16.2. The van der Waals surface area contributed by atoms with Crippen LogP contribution in [-0.4, -0.2) is 22.5 Å². The van der Waals surface area contributed by atoms with Crippen molar-refractivity contribution in [3.05, 3.63) is 61.6 Å². The van der Waals surface area contributed by atoms with Crippen LogP contribution in [0.15, 0.2) is 40.9 Å². The van der Waals surface area contributed by atoms with Crippen LogP contribution >= 0.6 is 39.7 Å². The minimum absolute atomic E-state index is 0.00681. The van der Waals surface area contributed by atoms with Crippen LogP contribution in [0.3, 0.4) is 0 Å². The number of carbonyl (C=O) groups excluding carboxylic acids is 1. The fraction of sp³-hybridized carbons (Fsp3) is 0.176. The Labute approximate surface area is 174 Å². The van der Waals surface area contributed by atoms with Crippen molar-refractivity contribution in [2.24, 2.45) is 0 Å². The third-order valence-corrected chi connectivity index (χ3v) is 4.29. The Morgan fingerprint density at radius 1 is 1.33 bits per heavy atom. The molecule has 0 heterocycles. The molecule has 2 aromatic rings. The van der Waals surface area contributed by atoms with Crippen LogP contribution in [-0.2, 0) is 0 Å². The number of nitrogens with zero attached hydrogens (tertiary/aromatic N) is 1. The Morgan fingerprint density at radius 3 is 2.74 bits per heavy atom. The lowest BCUT2D eigenvalue weighted by atomic mass is 10.2. The molecule has 0 saturated carbocycles. The Morgan fingerprint density at radius 2 is 2.07 bits per heavy atom. The second kappa shape index (κ2) is 9.63. The smallest absolute Gasteiger partial charge is 0.289 e. The molecule has 0 aromatic heterocycles. The van der Waals surface area contributed by atoms with Crippen LogP contribution in [0.5, 0.6) is 5.75 Å². The van der Waals surface area contributed by atoms with Crippen molar-refractivity contribution in [2.45, 2.75) is 13.3 Å². The third kappa shape index (κ3) is 5.88. The highest BCUT2D eigenvalue weighted by Crippen LogP contribution is 2.27. The van der Waals surface area contributed by atoms with Gasteiger partial charge in [-0.25, -0.2) is 0 Å². The van der Waals surface area contributed by atoms with Crippen LogP contribution in [0.1, 0.15) is 23.7 Å². The highest BCUT2D eigenvalue weighted by molar-refractivity contribution is 9.10. The summed E-state index contributed by atoms with van der Waals surface area (Å²) in [7, 11) is 0. The lowest BCUT2D eigenvalue weighted by molar-refractivity contribution is -0.384. The van der Waals surface area contributed by atoms with E-state index < -0.39 is 10.8 Å². The molecule has 27 heavy (non-hydrogen) atoms. The molecule has 2 aromatic carbocycles. The van der Waals surface area contributed by atoms with Gasteiger partial charge in [0.1, 0.15) is 10.8 Å². The third-order valence-electron chi connectivity index (χ3n) is 3.28. The van der Waals surface area contributed by atoms with Crippen LogP contribution in [0.4, 0.5) is 11.4 Å². The Balaban J connectivity index is 2.12. The molecular formula is C17H15BrClN3O4S. The maximum atomic E-state index is 12.5. The van der Waals surface area contributed by atoms with E-state index in [1.54, 1.807) is 18.2 Å². The quantitative estimate of drug-likeness (QED) is 0.352. The number of hydrogen-bond donors (Lipinski definition) is 2. The largest absolute Gasteiger partial charge is 0.493 e. The van der Waals surface area contributed by atoms with E-state index in [9.17, 15) is 14.9 Å². The number of benzene rings is 2. The van der Waals surface area contributed by atoms with Gasteiger partial charge < -0.3 is 10.1 Å². The van der Waals surface area contributed by atoms with Gasteiger partial charge in [-0.15, -0.1) is 0 Å². The molecule has 0 radical (unpaired) electrons. The monoisotopic (exact) mass is 471 g/mol. The van der Waals surface area contributed by atoms with Gasteiger partial charge in [0.25, 0.3) is 11.6 Å². The SMILES string of the molecule is CCCOc1ccc(Br)cc1C(=O)NC(=S)Nc1ccc(Cl)c([N+](=O)[O-])c1. The van der Waals surface area contributed by atoms with Crippen molar-refractivity contribution in [1.29, 1.82) is 0 Å². The molecule has 142 valence electrons. The number of ether oxygens (including phenoxy) is 1. The van der Waals surface area contributed by atoms with Crippen molar-refractivity contribution in [3.8, 4) is 5.75 Å². The molecule has 0 aliphatic heterocycles. The minimum atomic E-state index is -0.603. The number of hydrogen-bond acceptors (Lipinski definition) is 5. The molecular weight excluding hydrogens is 458 g/mol. The van der Waals surface area contributed by atoms with Crippen LogP contribution in [0.2, 0.25) is 5.02 Å². The molecule has 7 nitrogen and oxygen atoms in total. The molecule has 0 unspecified atom stereocenters. The second-order valence-corrected chi connectivity index (χ2v) is 7.05. The maximum absolute atomic E-state index is 12.5. The molecule has 2 rings (SSSR count). The number of halogens is 2. The molecule has 0 aliphatic rings. The van der Waals surface area contributed by atoms with Gasteiger partial charge in [0, 0.05) is 16.2 Å². The van der Waals surface area contributed by atoms with Gasteiger partial charge in [-0.05, 0) is 49.0 Å². The summed E-state index contributed by atoms with van der Waals surface area (Å²) in [6.07, 6.45) is 0.798. The second-order valence-electron chi connectivity index (χ2n) is 5.32. The van der Waals surface area contributed by atoms with Crippen molar-refractivity contribution in [2.75, 3.05) is 11.9 Å². The number of amides is 1. The Hall–Kier alpha value is -2.23. The van der Waals surface area contributed by atoms with Crippen molar-refractivity contribution in [3.63, 3.8) is 0 Å². The molecule has 0 spiro atoms. The number of nitrogens with one attached hydrogen (secondary N) is 2. The Bertz CT molecular complexity index is 894. The number of nitro benzene ring substituents is 1. The van der Waals surface area contributed by atoms with Gasteiger partial charge in [0.05, 0.1) is 17.1 Å². The number of carbonyl (C=O) groups is 1. The first-order valence-electron chi connectivity index (χ1n) is 7.80. The maximum Gasteiger partial charge on any atom is 0.289 e. The summed E-state index contributed by atoms with van der Waals surface area (Å²) in [6, 6.07) is 9.20. The first kappa shape index (κ1) is 21.1. The zero-order chi connectivity index (χ0) is 20.0. The van der Waals surface area contributed by atoms with Crippen molar-refractivity contribution >= 4 is 62.1 Å². The summed E-state index contributed by atoms with van der Waals surface area (Å²) < 4.78 is 6.29. The first-order chi connectivity index (χ1) is 12.8. The van der Waals surface area contributed by atoms with Gasteiger partial charge in [-0.2, -0.15) is 0 Å². The molecule has 0 atom stereocenters. The molecule has 0 aliphatic carbocycles. The summed E-state index contributed by atoms with van der Waals surface area (Å²) >= 11 is 14.2. The topological polar surface area (TPSA) is 93.5 Å². The lowest BCUT2D eigenvalue weighted by Gasteiger charge is -2.13. The molecule has 0 bridgehead atoms. The number of anilines is 1. The molecule has 10 heteroatoms. The van der Waals surface area contributed by atoms with Gasteiger partial charge in [0.15, 0.2) is 5.11 Å². The minimum Gasteiger partial charge on any atom is -0.493 e. The molecule has 0 fully saturated rings. The summed E-state index contributed by atoms with van der Waals surface area (Å²) in [6.45, 7) is 2.43. The average Bonchev–Trinajstić information content (AvgIpc) is 2.61. The first-order valence-corrected chi connectivity index (χ1v) is 9.38. The van der Waals surface area contributed by atoms with E-state index in [-0.39, 0.29) is 15.8 Å². The Kier molecular flexibility index (Phi) is 7.52. The molecule has 0 saturated heterocycles. The van der Waals surface area contributed by atoms with Gasteiger partial charge in [-0.1, -0.05) is 34.5 Å². The summed E-state index contributed by atoms with van der Waals surface area (Å²) in [5.74, 6) is -0.0363. The van der Waals surface area contributed by atoms with E-state index in [0.717, 1.165) is 6.42 Å². The summed E-state index contributed by atoms with van der Waals surface area (Å²) in [5.41, 5.74) is 0.371. The van der Waals surface area contributed by atoms with Gasteiger partial charge >= 0.3 is 0 Å². The van der Waals surface area contributed by atoms with E-state index >= 15 is 0 Å². The standard InChI is InChI=1S/C17H15BrClN3O4S/c1-2-7-26-15-6-3-10(18)8-12(15)16(23)21-17(27)20-11-4-5-13(19)14(9-11)22(24)25/h3-6,8-9H,2,7H2,1H3,(H2,20,21,23,27). The lowest BCUT2D eigenvalue weighted by Crippen LogP contribution is -2.34. The highest BCUT2D eigenvalue weighted by Gasteiger charge is 2.16. The van der Waals surface area contributed by atoms with Crippen LogP contribution in [0.25, 0.3) is 0 Å². The van der Waals surface area contributed by atoms with E-state index in [4.69, 9.17) is 28.6 Å². The number of rotatable bonds is 6. The predicted octanol–water partition coefficient (Wildman–Crippen LogP) is 4.93. The van der Waals surface area contributed by atoms with Crippen LogP contribution in [0, 0.1) is 10.1 Å².